The summed E-state index contributed by atoms with van der Waals surface area (Å²) in [5.41, 5.74) is 4.21. The maximum absolute atomic E-state index is 13.3. The molecule has 30 heavy (non-hydrogen) atoms. The van der Waals surface area contributed by atoms with Crippen LogP contribution >= 0.6 is 11.3 Å². The van der Waals surface area contributed by atoms with E-state index in [0.717, 1.165) is 33.9 Å². The Bertz CT molecular complexity index is 1190. The second-order valence-corrected chi connectivity index (χ2v) is 8.51. The molecule has 1 aromatic heterocycles. The van der Waals surface area contributed by atoms with Crippen LogP contribution in [0.4, 0.5) is 5.13 Å². The highest BCUT2D eigenvalue weighted by molar-refractivity contribution is 7.15. The summed E-state index contributed by atoms with van der Waals surface area (Å²) >= 11 is 1.51. The zero-order chi connectivity index (χ0) is 20.5. The van der Waals surface area contributed by atoms with Crippen molar-refractivity contribution in [2.24, 2.45) is 0 Å². The van der Waals surface area contributed by atoms with Crippen molar-refractivity contribution in [2.75, 3.05) is 5.32 Å². The van der Waals surface area contributed by atoms with Gasteiger partial charge in [-0.05, 0) is 24.6 Å². The van der Waals surface area contributed by atoms with E-state index in [1.807, 2.05) is 54.7 Å². The number of aryl methyl sites for hydroxylation is 1. The number of ether oxygens (including phenoxy) is 1. The topological polar surface area (TPSA) is 51.2 Å². The summed E-state index contributed by atoms with van der Waals surface area (Å²) in [6, 6.07) is 23.8. The van der Waals surface area contributed by atoms with Crippen LogP contribution < -0.4 is 10.1 Å². The van der Waals surface area contributed by atoms with Crippen molar-refractivity contribution in [1.82, 2.24) is 4.98 Å². The Balaban J connectivity index is 1.39. The zero-order valence-corrected chi connectivity index (χ0v) is 17.3. The lowest BCUT2D eigenvalue weighted by Crippen LogP contribution is -2.24. The Labute approximate surface area is 179 Å². The molecule has 3 aromatic carbocycles. The molecular formula is C25H20N2O2S. The van der Waals surface area contributed by atoms with E-state index in [0.29, 0.717) is 5.13 Å². The van der Waals surface area contributed by atoms with Gasteiger partial charge in [0.05, 0.1) is 5.92 Å². The highest BCUT2D eigenvalue weighted by atomic mass is 32.1. The minimum atomic E-state index is -0.435. The fraction of sp³-hybridized carbons (Fsp3) is 0.120. The molecule has 1 aliphatic heterocycles. The zero-order valence-electron chi connectivity index (χ0n) is 16.5. The Kier molecular flexibility index (Phi) is 4.81. The number of hydrogen-bond donors (Lipinski definition) is 1. The van der Waals surface area contributed by atoms with Crippen molar-refractivity contribution in [3.8, 4) is 11.5 Å². The molecular weight excluding hydrogens is 392 g/mol. The van der Waals surface area contributed by atoms with Crippen LogP contribution in [0.1, 0.15) is 33.0 Å². The minimum absolute atomic E-state index is 0.102. The monoisotopic (exact) mass is 412 g/mol. The van der Waals surface area contributed by atoms with Gasteiger partial charge in [0.2, 0.25) is 5.91 Å². The molecule has 5 rings (SSSR count). The van der Waals surface area contributed by atoms with E-state index in [1.165, 1.54) is 22.5 Å². The lowest BCUT2D eigenvalue weighted by molar-refractivity contribution is -0.116. The molecule has 2 heterocycles. The Morgan fingerprint density at radius 3 is 2.40 bits per heavy atom. The molecule has 0 atom stereocenters. The number of benzene rings is 3. The highest BCUT2D eigenvalue weighted by Gasteiger charge is 2.32. The van der Waals surface area contributed by atoms with E-state index in [9.17, 15) is 4.79 Å². The Hall–Kier alpha value is -3.44. The summed E-state index contributed by atoms with van der Waals surface area (Å²) < 4.78 is 6.00. The first kappa shape index (κ1) is 18.6. The molecule has 0 radical (unpaired) electrons. The van der Waals surface area contributed by atoms with E-state index in [1.54, 1.807) is 0 Å². The van der Waals surface area contributed by atoms with Crippen molar-refractivity contribution < 1.29 is 9.53 Å². The molecule has 0 saturated carbocycles. The van der Waals surface area contributed by atoms with Gasteiger partial charge in [0.25, 0.3) is 0 Å². The molecule has 1 aliphatic rings. The number of nitrogens with one attached hydrogen (secondary N) is 1. The molecule has 148 valence electrons. The fourth-order valence-electron chi connectivity index (χ4n) is 3.84. The number of carbonyl (C=O) groups excluding carboxylic acids is 1. The quantitative estimate of drug-likeness (QED) is 0.453. The fourth-order valence-corrected chi connectivity index (χ4v) is 4.69. The maximum atomic E-state index is 13.3. The van der Waals surface area contributed by atoms with E-state index < -0.39 is 5.92 Å². The van der Waals surface area contributed by atoms with E-state index >= 15 is 0 Å². The largest absolute Gasteiger partial charge is 0.457 e. The van der Waals surface area contributed by atoms with Gasteiger partial charge < -0.3 is 10.1 Å². The van der Waals surface area contributed by atoms with Gasteiger partial charge in [-0.1, -0.05) is 66.2 Å². The van der Waals surface area contributed by atoms with Crippen LogP contribution in [0.2, 0.25) is 0 Å². The molecule has 5 heteroatoms. The first-order chi connectivity index (χ1) is 14.7. The normalized spacial score (nSPS) is 12.6. The van der Waals surface area contributed by atoms with Crippen molar-refractivity contribution in [1.29, 1.82) is 0 Å². The molecule has 4 aromatic rings. The standard InChI is InChI=1S/C25H20N2O2S/c1-16-7-6-8-17(13-16)14-18-15-26-25(30-18)27-24(28)23-19-9-2-4-11-21(19)29-22-12-5-3-10-20(22)23/h2-13,15,23H,14H2,1H3,(H,26,27,28). The predicted octanol–water partition coefficient (Wildman–Crippen LogP) is 5.92. The highest BCUT2D eigenvalue weighted by Crippen LogP contribution is 2.44. The molecule has 0 bridgehead atoms. The van der Waals surface area contributed by atoms with Crippen molar-refractivity contribution >= 4 is 22.4 Å². The molecule has 1 amide bonds. The molecule has 0 spiro atoms. The van der Waals surface area contributed by atoms with Crippen LogP contribution in [0.15, 0.2) is 79.0 Å². The second-order valence-electron chi connectivity index (χ2n) is 7.40. The second kappa shape index (κ2) is 7.76. The third-order valence-electron chi connectivity index (χ3n) is 5.19. The number of hydrogen-bond acceptors (Lipinski definition) is 4. The third-order valence-corrected chi connectivity index (χ3v) is 6.10. The average Bonchev–Trinajstić information content (AvgIpc) is 3.18. The van der Waals surface area contributed by atoms with Gasteiger partial charge in [-0.25, -0.2) is 4.98 Å². The molecule has 0 aliphatic carbocycles. The average molecular weight is 413 g/mol. The molecule has 0 fully saturated rings. The summed E-state index contributed by atoms with van der Waals surface area (Å²) in [5.74, 6) is 0.899. The van der Waals surface area contributed by atoms with E-state index in [2.05, 4.69) is 41.5 Å². The number of carbonyl (C=O) groups is 1. The predicted molar refractivity (Wildman–Crippen MR) is 120 cm³/mol. The number of anilines is 1. The number of rotatable bonds is 4. The van der Waals surface area contributed by atoms with Gasteiger partial charge in [0.1, 0.15) is 11.5 Å². The molecule has 0 unspecified atom stereocenters. The summed E-state index contributed by atoms with van der Waals surface area (Å²) in [6.07, 6.45) is 2.65. The van der Waals surface area contributed by atoms with Crippen LogP contribution in [0.25, 0.3) is 0 Å². The number of amides is 1. The summed E-state index contributed by atoms with van der Waals surface area (Å²) in [7, 11) is 0. The smallest absolute Gasteiger partial charge is 0.238 e. The van der Waals surface area contributed by atoms with Gasteiger partial charge >= 0.3 is 0 Å². The third kappa shape index (κ3) is 3.60. The molecule has 0 saturated heterocycles. The SMILES string of the molecule is Cc1cccc(Cc2cnc(NC(=O)C3c4ccccc4Oc4ccccc43)s2)c1. The number of aromatic nitrogens is 1. The maximum Gasteiger partial charge on any atom is 0.238 e. The van der Waals surface area contributed by atoms with Crippen LogP contribution in [0.5, 0.6) is 11.5 Å². The first-order valence-electron chi connectivity index (χ1n) is 9.84. The summed E-state index contributed by atoms with van der Waals surface area (Å²) in [4.78, 5) is 18.9. The number of fused-ring (bicyclic) bond motifs is 2. The van der Waals surface area contributed by atoms with Gasteiger partial charge in [-0.2, -0.15) is 0 Å². The van der Waals surface area contributed by atoms with Gasteiger partial charge in [0.15, 0.2) is 5.13 Å². The summed E-state index contributed by atoms with van der Waals surface area (Å²) in [6.45, 7) is 2.09. The first-order valence-corrected chi connectivity index (χ1v) is 10.7. The number of thiazole rings is 1. The van der Waals surface area contributed by atoms with Gasteiger partial charge in [0, 0.05) is 28.6 Å². The van der Waals surface area contributed by atoms with E-state index in [4.69, 9.17) is 4.74 Å². The van der Waals surface area contributed by atoms with Crippen LogP contribution in [0, 0.1) is 6.92 Å². The van der Waals surface area contributed by atoms with Crippen LogP contribution in [-0.2, 0) is 11.2 Å². The Morgan fingerprint density at radius 2 is 1.70 bits per heavy atom. The number of para-hydroxylation sites is 2. The van der Waals surface area contributed by atoms with Gasteiger partial charge in [-0.15, -0.1) is 11.3 Å². The lowest BCUT2D eigenvalue weighted by Gasteiger charge is -2.27. The van der Waals surface area contributed by atoms with Crippen LogP contribution in [-0.4, -0.2) is 10.9 Å². The molecule has 1 N–H and O–H groups in total. The van der Waals surface area contributed by atoms with Crippen molar-refractivity contribution in [2.45, 2.75) is 19.3 Å². The minimum Gasteiger partial charge on any atom is -0.457 e. The van der Waals surface area contributed by atoms with E-state index in [-0.39, 0.29) is 5.91 Å². The van der Waals surface area contributed by atoms with Crippen molar-refractivity contribution in [3.05, 3.63) is 106 Å². The van der Waals surface area contributed by atoms with Gasteiger partial charge in [-0.3, -0.25) is 4.79 Å². The Morgan fingerprint density at radius 1 is 1.00 bits per heavy atom. The van der Waals surface area contributed by atoms with Crippen molar-refractivity contribution in [3.63, 3.8) is 0 Å². The summed E-state index contributed by atoms with van der Waals surface area (Å²) in [5, 5.41) is 3.64. The number of nitrogens with zero attached hydrogens (tertiary/aromatic N) is 1. The lowest BCUT2D eigenvalue weighted by atomic mass is 9.87. The van der Waals surface area contributed by atoms with Crippen LogP contribution in [0.3, 0.4) is 0 Å². The molecule has 4 nitrogen and oxygen atoms in total.